The number of hydrogen-bond acceptors (Lipinski definition) is 3. The maximum atomic E-state index is 11.6. The highest BCUT2D eigenvalue weighted by Crippen LogP contribution is 2.43. The molecule has 1 N–H and O–H groups in total. The summed E-state index contributed by atoms with van der Waals surface area (Å²) in [5.74, 6) is 0.899. The Kier molecular flexibility index (Phi) is 8.46. The summed E-state index contributed by atoms with van der Waals surface area (Å²) >= 11 is 0. The number of aryl methyl sites for hydroxylation is 3. The molecule has 0 aliphatic rings. The average Bonchev–Trinajstić information content (AvgIpc) is 3.46. The number of aromatic hydroxyl groups is 1. The fraction of sp³-hybridized carbons (Fsp3) is 0.234. The molecule has 0 radical (unpaired) electrons. The second-order valence-corrected chi connectivity index (χ2v) is 16.0. The van der Waals surface area contributed by atoms with E-state index in [9.17, 15) is 5.11 Å². The lowest BCUT2D eigenvalue weighted by atomic mass is 9.84. The zero-order valence-corrected chi connectivity index (χ0v) is 31.3. The number of aromatic nitrogens is 3. The van der Waals surface area contributed by atoms with E-state index in [0.29, 0.717) is 11.4 Å². The van der Waals surface area contributed by atoms with Crippen LogP contribution in [-0.4, -0.2) is 19.6 Å². The van der Waals surface area contributed by atoms with Crippen LogP contribution in [0.2, 0.25) is 0 Å². The van der Waals surface area contributed by atoms with Crippen molar-refractivity contribution in [2.75, 3.05) is 0 Å². The van der Waals surface area contributed by atoms with Crippen molar-refractivity contribution in [3.8, 4) is 56.3 Å². The molecule has 0 saturated carbocycles. The molecule has 0 amide bonds. The number of rotatable bonds is 5. The van der Waals surface area contributed by atoms with Gasteiger partial charge in [-0.25, -0.2) is 4.98 Å². The van der Waals surface area contributed by atoms with Gasteiger partial charge in [0.25, 0.3) is 0 Å². The average molecular weight is 670 g/mol. The van der Waals surface area contributed by atoms with Crippen LogP contribution in [0.5, 0.6) is 5.75 Å². The molecular weight excluding hydrogens is 623 g/mol. The lowest BCUT2D eigenvalue weighted by Crippen LogP contribution is -2.12. The van der Waals surface area contributed by atoms with E-state index in [1.54, 1.807) is 6.07 Å². The molecule has 0 atom stereocenters. The van der Waals surface area contributed by atoms with Crippen molar-refractivity contribution < 1.29 is 5.11 Å². The third-order valence-electron chi connectivity index (χ3n) is 9.93. The Morgan fingerprint density at radius 1 is 0.569 bits per heavy atom. The topological polar surface area (TPSA) is 50.9 Å². The minimum atomic E-state index is -0.134. The molecule has 2 aromatic heterocycles. The van der Waals surface area contributed by atoms with Crippen LogP contribution in [0.4, 0.5) is 0 Å². The molecule has 4 nitrogen and oxygen atoms in total. The van der Waals surface area contributed by atoms with Crippen molar-refractivity contribution in [2.24, 2.45) is 0 Å². The van der Waals surface area contributed by atoms with E-state index in [4.69, 9.17) is 9.97 Å². The van der Waals surface area contributed by atoms with Gasteiger partial charge in [0.05, 0.1) is 28.0 Å². The Hall–Kier alpha value is -5.48. The van der Waals surface area contributed by atoms with E-state index in [-0.39, 0.29) is 16.6 Å². The van der Waals surface area contributed by atoms with E-state index in [0.717, 1.165) is 61.4 Å². The molecule has 0 aliphatic carbocycles. The van der Waals surface area contributed by atoms with Crippen molar-refractivity contribution in [1.82, 2.24) is 14.5 Å². The first-order chi connectivity index (χ1) is 24.2. The number of nitrogens with zero attached hydrogens (tertiary/aromatic N) is 3. The zero-order valence-electron chi connectivity index (χ0n) is 31.3. The molecule has 256 valence electrons. The van der Waals surface area contributed by atoms with Gasteiger partial charge in [-0.3, -0.25) is 9.55 Å². The van der Waals surface area contributed by atoms with Crippen LogP contribution in [0.15, 0.2) is 115 Å². The van der Waals surface area contributed by atoms with Crippen LogP contribution in [0.1, 0.15) is 69.4 Å². The van der Waals surface area contributed by atoms with Crippen molar-refractivity contribution in [1.29, 1.82) is 0 Å². The number of pyridine rings is 1. The normalized spacial score (nSPS) is 12.1. The summed E-state index contributed by atoms with van der Waals surface area (Å²) in [4.78, 5) is 10.3. The third-order valence-corrected chi connectivity index (χ3v) is 9.93. The molecule has 0 aliphatic heterocycles. The summed E-state index contributed by atoms with van der Waals surface area (Å²) in [7, 11) is 0. The summed E-state index contributed by atoms with van der Waals surface area (Å²) < 4.78 is 2.28. The van der Waals surface area contributed by atoms with Crippen LogP contribution < -0.4 is 0 Å². The molecule has 0 spiro atoms. The van der Waals surface area contributed by atoms with E-state index in [1.165, 1.54) is 16.7 Å². The Bertz CT molecular complexity index is 2400. The Morgan fingerprint density at radius 3 is 1.92 bits per heavy atom. The summed E-state index contributed by atoms with van der Waals surface area (Å²) in [6.07, 6.45) is 1.91. The fourth-order valence-corrected chi connectivity index (χ4v) is 7.19. The quantitative estimate of drug-likeness (QED) is 0.198. The molecule has 4 heteroatoms. The van der Waals surface area contributed by atoms with Gasteiger partial charge in [0.2, 0.25) is 0 Å². The molecule has 0 fully saturated rings. The number of hydrogen-bond donors (Lipinski definition) is 1. The Balaban J connectivity index is 1.56. The molecule has 5 aromatic carbocycles. The predicted molar refractivity (Wildman–Crippen MR) is 214 cm³/mol. The highest BCUT2D eigenvalue weighted by molar-refractivity contribution is 5.98. The van der Waals surface area contributed by atoms with Gasteiger partial charge in [0.1, 0.15) is 11.6 Å². The van der Waals surface area contributed by atoms with Gasteiger partial charge in [-0.2, -0.15) is 0 Å². The number of imidazole rings is 1. The number of phenols is 1. The minimum Gasteiger partial charge on any atom is -0.507 e. The first-order valence-electron chi connectivity index (χ1n) is 17.8. The summed E-state index contributed by atoms with van der Waals surface area (Å²) in [5, 5.41) is 11.6. The lowest BCUT2D eigenvalue weighted by molar-refractivity contribution is 0.477. The number of phenolic OH excluding ortho intramolecular Hbond substituents is 1. The van der Waals surface area contributed by atoms with Gasteiger partial charge in [-0.05, 0) is 113 Å². The maximum absolute atomic E-state index is 11.6. The molecule has 0 saturated heterocycles. The zero-order chi connectivity index (χ0) is 36.2. The Labute approximate surface area is 302 Å². The molecular formula is C47H47N3O. The monoisotopic (exact) mass is 669 g/mol. The molecule has 0 bridgehead atoms. The third kappa shape index (κ3) is 6.47. The number of fused-ring (bicyclic) bond motifs is 1. The second kappa shape index (κ2) is 12.7. The Morgan fingerprint density at radius 2 is 1.24 bits per heavy atom. The SMILES string of the molecule is Cc1cc(C)c(-n2c(-c3cc(-c4ccccc4)ccc3O)nc3c(-c4cccc(-c5cc(C(C)(C)C)ccn5)c4)cc(C(C)(C)C)cc32)c(C)c1. The lowest BCUT2D eigenvalue weighted by Gasteiger charge is -2.22. The standard InChI is InChI=1S/C47H47N3O/c1-29-22-30(2)44(31(3)23-29)50-41-28-37(47(7,8)9)26-38(34-16-13-17-35(24-34)40-27-36(20-21-48-40)46(4,5)6)43(41)49-45(50)39-25-33(18-19-42(39)51)32-14-11-10-12-15-32/h10-28,51H,1-9H3. The predicted octanol–water partition coefficient (Wildman–Crippen LogP) is 12.3. The molecule has 0 unspecified atom stereocenters. The van der Waals surface area contributed by atoms with E-state index < -0.39 is 0 Å². The van der Waals surface area contributed by atoms with Crippen LogP contribution in [-0.2, 0) is 10.8 Å². The van der Waals surface area contributed by atoms with Crippen LogP contribution in [0, 0.1) is 20.8 Å². The smallest absolute Gasteiger partial charge is 0.149 e. The van der Waals surface area contributed by atoms with E-state index in [1.807, 2.05) is 30.5 Å². The van der Waals surface area contributed by atoms with Gasteiger partial charge in [0, 0.05) is 17.3 Å². The molecule has 2 heterocycles. The highest BCUT2D eigenvalue weighted by Gasteiger charge is 2.26. The molecule has 51 heavy (non-hydrogen) atoms. The summed E-state index contributed by atoms with van der Waals surface area (Å²) in [6, 6.07) is 38.2. The fourth-order valence-electron chi connectivity index (χ4n) is 7.19. The summed E-state index contributed by atoms with van der Waals surface area (Å²) in [5.41, 5.74) is 15.8. The van der Waals surface area contributed by atoms with Gasteiger partial charge < -0.3 is 5.11 Å². The maximum Gasteiger partial charge on any atom is 0.149 e. The highest BCUT2D eigenvalue weighted by atomic mass is 16.3. The first kappa shape index (κ1) is 34.0. The minimum absolute atomic E-state index is 0.0152. The first-order valence-corrected chi connectivity index (χ1v) is 17.8. The molecule has 7 aromatic rings. The van der Waals surface area contributed by atoms with Crippen LogP contribution >= 0.6 is 0 Å². The second-order valence-electron chi connectivity index (χ2n) is 16.0. The van der Waals surface area contributed by atoms with E-state index in [2.05, 4.69) is 146 Å². The van der Waals surface area contributed by atoms with Gasteiger partial charge in [0.15, 0.2) is 0 Å². The van der Waals surface area contributed by atoms with Crippen LogP contribution in [0.25, 0.3) is 61.6 Å². The van der Waals surface area contributed by atoms with E-state index >= 15 is 0 Å². The van der Waals surface area contributed by atoms with Crippen LogP contribution in [0.3, 0.4) is 0 Å². The largest absolute Gasteiger partial charge is 0.507 e. The van der Waals surface area contributed by atoms with Gasteiger partial charge in [-0.15, -0.1) is 0 Å². The molecule has 7 rings (SSSR count). The van der Waals surface area contributed by atoms with Crippen molar-refractivity contribution in [3.05, 3.63) is 143 Å². The van der Waals surface area contributed by atoms with Gasteiger partial charge >= 0.3 is 0 Å². The van der Waals surface area contributed by atoms with Crippen molar-refractivity contribution >= 4 is 11.0 Å². The van der Waals surface area contributed by atoms with Gasteiger partial charge in [-0.1, -0.05) is 114 Å². The van der Waals surface area contributed by atoms with Crippen molar-refractivity contribution in [3.63, 3.8) is 0 Å². The summed E-state index contributed by atoms with van der Waals surface area (Å²) in [6.45, 7) is 20.0. The number of benzene rings is 5. The van der Waals surface area contributed by atoms with Crippen molar-refractivity contribution in [2.45, 2.75) is 73.1 Å².